The SMILES string of the molecule is CCOP(=O)(OCC)C(O[Si](C)(C)C)c1ccc(OC)c(C)c1. The molecular formula is C16H29O5PSi. The fraction of sp³-hybridized carbons (Fsp3) is 0.625. The van der Waals surface area contributed by atoms with Gasteiger partial charge in [-0.2, -0.15) is 0 Å². The van der Waals surface area contributed by atoms with Crippen molar-refractivity contribution in [3.63, 3.8) is 0 Å². The quantitative estimate of drug-likeness (QED) is 0.452. The Morgan fingerprint density at radius 1 is 1.13 bits per heavy atom. The van der Waals surface area contributed by atoms with Crippen molar-refractivity contribution in [1.29, 1.82) is 0 Å². The predicted octanol–water partition coefficient (Wildman–Crippen LogP) is 5.12. The topological polar surface area (TPSA) is 54.0 Å². The van der Waals surface area contributed by atoms with Gasteiger partial charge in [0.15, 0.2) is 14.2 Å². The first-order valence-electron chi connectivity index (χ1n) is 7.88. The maximum atomic E-state index is 13.3. The predicted molar refractivity (Wildman–Crippen MR) is 95.8 cm³/mol. The summed E-state index contributed by atoms with van der Waals surface area (Å²) in [5, 5.41) is 0. The first-order valence-corrected chi connectivity index (χ1v) is 12.9. The molecule has 0 fully saturated rings. The van der Waals surface area contributed by atoms with Gasteiger partial charge in [-0.3, -0.25) is 4.57 Å². The molecule has 1 rings (SSSR count). The highest BCUT2D eigenvalue weighted by molar-refractivity contribution is 7.54. The lowest BCUT2D eigenvalue weighted by molar-refractivity contribution is 0.158. The Balaban J connectivity index is 3.34. The van der Waals surface area contributed by atoms with Gasteiger partial charge >= 0.3 is 7.60 Å². The summed E-state index contributed by atoms with van der Waals surface area (Å²) in [5.41, 5.74) is 1.74. The number of aryl methyl sites for hydroxylation is 1. The van der Waals surface area contributed by atoms with Crippen molar-refractivity contribution < 1.29 is 22.8 Å². The average Bonchev–Trinajstić information content (AvgIpc) is 2.44. The second-order valence-electron chi connectivity index (χ2n) is 6.19. The van der Waals surface area contributed by atoms with Crippen LogP contribution in [0.3, 0.4) is 0 Å². The highest BCUT2D eigenvalue weighted by Crippen LogP contribution is 2.62. The van der Waals surface area contributed by atoms with Crippen molar-refractivity contribution in [1.82, 2.24) is 0 Å². The van der Waals surface area contributed by atoms with Gasteiger partial charge in [0.25, 0.3) is 0 Å². The Morgan fingerprint density at radius 2 is 1.70 bits per heavy atom. The highest BCUT2D eigenvalue weighted by Gasteiger charge is 2.40. The summed E-state index contributed by atoms with van der Waals surface area (Å²) in [6.07, 6.45) is 0. The molecular weight excluding hydrogens is 331 g/mol. The Kier molecular flexibility index (Phi) is 7.49. The number of hydrogen-bond acceptors (Lipinski definition) is 5. The van der Waals surface area contributed by atoms with Gasteiger partial charge in [0.05, 0.1) is 20.3 Å². The van der Waals surface area contributed by atoms with Gasteiger partial charge in [-0.25, -0.2) is 0 Å². The standard InChI is InChI=1S/C16H29O5PSi/c1-8-19-22(17,20-9-2)16(21-23(5,6)7)14-10-11-15(18-4)13(3)12-14/h10-12,16H,8-9H2,1-7H3. The molecule has 0 saturated heterocycles. The molecule has 7 heteroatoms. The first kappa shape index (κ1) is 20.4. The first-order chi connectivity index (χ1) is 10.7. The largest absolute Gasteiger partial charge is 0.496 e. The minimum atomic E-state index is -3.42. The second-order valence-corrected chi connectivity index (χ2v) is 12.7. The summed E-state index contributed by atoms with van der Waals surface area (Å²) in [7, 11) is -3.76. The molecule has 132 valence electrons. The van der Waals surface area contributed by atoms with Crippen LogP contribution < -0.4 is 4.74 Å². The smallest absolute Gasteiger partial charge is 0.362 e. The van der Waals surface area contributed by atoms with Crippen LogP contribution in [-0.4, -0.2) is 28.6 Å². The third kappa shape index (κ3) is 5.73. The number of rotatable bonds is 9. The average molecular weight is 360 g/mol. The van der Waals surface area contributed by atoms with E-state index in [2.05, 4.69) is 19.6 Å². The van der Waals surface area contributed by atoms with Crippen LogP contribution in [0.5, 0.6) is 5.75 Å². The molecule has 0 aliphatic heterocycles. The zero-order valence-corrected chi connectivity index (χ0v) is 17.1. The van der Waals surface area contributed by atoms with Crippen LogP contribution in [0.2, 0.25) is 19.6 Å². The van der Waals surface area contributed by atoms with Crippen LogP contribution in [0, 0.1) is 6.92 Å². The van der Waals surface area contributed by atoms with E-state index in [4.69, 9.17) is 18.2 Å². The molecule has 0 N–H and O–H groups in total. The van der Waals surface area contributed by atoms with Crippen LogP contribution in [0.1, 0.15) is 30.8 Å². The molecule has 0 spiro atoms. The molecule has 0 bridgehead atoms. The van der Waals surface area contributed by atoms with E-state index < -0.39 is 21.8 Å². The molecule has 0 aliphatic rings. The summed E-state index contributed by atoms with van der Waals surface area (Å²) in [5.74, 6) is 0.0572. The van der Waals surface area contributed by atoms with Crippen molar-refractivity contribution in [3.05, 3.63) is 29.3 Å². The molecule has 0 saturated carbocycles. The lowest BCUT2D eigenvalue weighted by Gasteiger charge is -2.32. The zero-order valence-electron chi connectivity index (χ0n) is 15.2. The minimum Gasteiger partial charge on any atom is -0.496 e. The Bertz CT molecular complexity index is 546. The van der Waals surface area contributed by atoms with Crippen molar-refractivity contribution in [2.45, 2.75) is 46.3 Å². The fourth-order valence-electron chi connectivity index (χ4n) is 2.24. The summed E-state index contributed by atoms with van der Waals surface area (Å²) >= 11 is 0. The van der Waals surface area contributed by atoms with Crippen LogP contribution >= 0.6 is 7.60 Å². The van der Waals surface area contributed by atoms with Crippen LogP contribution in [0.15, 0.2) is 18.2 Å². The third-order valence-electron chi connectivity index (χ3n) is 3.07. The van der Waals surface area contributed by atoms with E-state index in [0.29, 0.717) is 13.2 Å². The summed E-state index contributed by atoms with van der Waals surface area (Å²) in [4.78, 5) is 0. The molecule has 5 nitrogen and oxygen atoms in total. The molecule has 0 heterocycles. The van der Waals surface area contributed by atoms with Gasteiger partial charge in [0, 0.05) is 0 Å². The monoisotopic (exact) mass is 360 g/mol. The van der Waals surface area contributed by atoms with E-state index >= 15 is 0 Å². The van der Waals surface area contributed by atoms with Gasteiger partial charge < -0.3 is 18.2 Å². The maximum Gasteiger partial charge on any atom is 0.362 e. The summed E-state index contributed by atoms with van der Waals surface area (Å²) in [6.45, 7) is 12.3. The molecule has 0 radical (unpaired) electrons. The van der Waals surface area contributed by atoms with Crippen LogP contribution in [0.4, 0.5) is 0 Å². The van der Waals surface area contributed by atoms with Gasteiger partial charge in [-0.1, -0.05) is 6.07 Å². The molecule has 1 aromatic rings. The zero-order chi connectivity index (χ0) is 17.7. The molecule has 0 aromatic heterocycles. The van der Waals surface area contributed by atoms with Crippen molar-refractivity contribution >= 4 is 15.9 Å². The fourth-order valence-corrected chi connectivity index (χ4v) is 6.10. The molecule has 1 aromatic carbocycles. The van der Waals surface area contributed by atoms with Crippen LogP contribution in [0.25, 0.3) is 0 Å². The van der Waals surface area contributed by atoms with Crippen molar-refractivity contribution in [2.24, 2.45) is 0 Å². The Morgan fingerprint density at radius 3 is 2.09 bits per heavy atom. The van der Waals surface area contributed by atoms with Gasteiger partial charge in [0.1, 0.15) is 5.75 Å². The van der Waals surface area contributed by atoms with E-state index in [1.54, 1.807) is 21.0 Å². The molecule has 23 heavy (non-hydrogen) atoms. The van der Waals surface area contributed by atoms with E-state index in [1.165, 1.54) is 0 Å². The van der Waals surface area contributed by atoms with Gasteiger partial charge in [0.2, 0.25) is 0 Å². The van der Waals surface area contributed by atoms with E-state index in [9.17, 15) is 4.57 Å². The summed E-state index contributed by atoms with van der Waals surface area (Å²) < 4.78 is 35.8. The van der Waals surface area contributed by atoms with Crippen molar-refractivity contribution in [3.8, 4) is 5.75 Å². The van der Waals surface area contributed by atoms with Crippen LogP contribution in [-0.2, 0) is 18.0 Å². The number of hydrogen-bond donors (Lipinski definition) is 0. The van der Waals surface area contributed by atoms with Gasteiger partial charge in [-0.15, -0.1) is 0 Å². The molecule has 1 atom stereocenters. The Hall–Kier alpha value is -0.653. The molecule has 0 aliphatic carbocycles. The van der Waals surface area contributed by atoms with E-state index in [-0.39, 0.29) is 0 Å². The van der Waals surface area contributed by atoms with E-state index in [0.717, 1.165) is 16.9 Å². The second kappa shape index (κ2) is 8.45. The number of benzene rings is 1. The highest BCUT2D eigenvalue weighted by atomic mass is 31.2. The summed E-state index contributed by atoms with van der Waals surface area (Å²) in [6, 6.07) is 5.64. The van der Waals surface area contributed by atoms with E-state index in [1.807, 2.05) is 25.1 Å². The number of ether oxygens (including phenoxy) is 1. The lowest BCUT2D eigenvalue weighted by Crippen LogP contribution is -2.29. The maximum absolute atomic E-state index is 13.3. The molecule has 0 amide bonds. The number of methoxy groups -OCH3 is 1. The third-order valence-corrected chi connectivity index (χ3v) is 6.43. The lowest BCUT2D eigenvalue weighted by atomic mass is 10.1. The minimum absolute atomic E-state index is 0.304. The Labute approximate surface area is 141 Å². The molecule has 1 unspecified atom stereocenters. The normalized spacial score (nSPS) is 13.9. The van der Waals surface area contributed by atoms with Crippen molar-refractivity contribution in [2.75, 3.05) is 20.3 Å². The van der Waals surface area contributed by atoms with Gasteiger partial charge in [-0.05, 0) is 63.7 Å².